The highest BCUT2D eigenvalue weighted by atomic mass is 127. The first kappa shape index (κ1) is 12.7. The molecule has 78 valence electrons. The van der Waals surface area contributed by atoms with Crippen LogP contribution in [-0.2, 0) is 6.18 Å². The van der Waals surface area contributed by atoms with Crippen molar-refractivity contribution in [2.45, 2.75) is 6.18 Å². The Balaban J connectivity index is 3.49. The lowest BCUT2D eigenvalue weighted by Gasteiger charge is -2.12. The average molecular weight is 375 g/mol. The van der Waals surface area contributed by atoms with Gasteiger partial charge in [0, 0.05) is 3.57 Å². The van der Waals surface area contributed by atoms with E-state index in [1.165, 1.54) is 22.6 Å². The molecule has 0 saturated heterocycles. The van der Waals surface area contributed by atoms with Gasteiger partial charge in [-0.05, 0) is 28.7 Å². The summed E-state index contributed by atoms with van der Waals surface area (Å²) < 4.78 is 37.0. The molecule has 0 saturated carbocycles. The zero-order valence-electron chi connectivity index (χ0n) is 6.22. The Morgan fingerprint density at radius 2 is 1.57 bits per heavy atom. The lowest BCUT2D eigenvalue weighted by atomic mass is 10.2. The maximum Gasteiger partial charge on any atom is 0.417 e. The molecule has 0 amide bonds. The molecule has 1 aromatic rings. The molecule has 0 aliphatic carbocycles. The highest BCUT2D eigenvalue weighted by Crippen LogP contribution is 2.42. The molecule has 0 aliphatic rings. The van der Waals surface area contributed by atoms with Gasteiger partial charge in [-0.25, -0.2) is 0 Å². The molecule has 0 bridgehead atoms. The van der Waals surface area contributed by atoms with Crippen LogP contribution in [0.15, 0.2) is 6.07 Å². The summed E-state index contributed by atoms with van der Waals surface area (Å²) in [6.45, 7) is 0. The van der Waals surface area contributed by atoms with E-state index in [0.29, 0.717) is 0 Å². The molecular formula is C7HCl3F3I. The summed E-state index contributed by atoms with van der Waals surface area (Å²) >= 11 is 18.1. The summed E-state index contributed by atoms with van der Waals surface area (Å²) in [6, 6.07) is 0.761. The average Bonchev–Trinajstić information content (AvgIpc) is 2.06. The van der Waals surface area contributed by atoms with Crippen LogP contribution in [0.1, 0.15) is 5.56 Å². The van der Waals surface area contributed by atoms with E-state index < -0.39 is 11.7 Å². The minimum atomic E-state index is -4.48. The standard InChI is InChI=1S/C7HCl3F3I/c8-3-1-2(7(11,12)13)6(14)5(10)4(3)9/h1H. The second-order valence-corrected chi connectivity index (χ2v) is 4.59. The number of alkyl halides is 3. The molecule has 0 N–H and O–H groups in total. The largest absolute Gasteiger partial charge is 0.417 e. The van der Waals surface area contributed by atoms with E-state index in [2.05, 4.69) is 0 Å². The van der Waals surface area contributed by atoms with Crippen LogP contribution in [-0.4, -0.2) is 0 Å². The summed E-state index contributed by atoms with van der Waals surface area (Å²) in [6.07, 6.45) is -4.48. The first-order valence-corrected chi connectivity index (χ1v) is 5.36. The van der Waals surface area contributed by atoms with Gasteiger partial charge in [-0.15, -0.1) is 0 Å². The van der Waals surface area contributed by atoms with Crippen molar-refractivity contribution in [1.82, 2.24) is 0 Å². The summed E-state index contributed by atoms with van der Waals surface area (Å²) in [4.78, 5) is 0. The van der Waals surface area contributed by atoms with Gasteiger partial charge in [0.2, 0.25) is 0 Å². The molecule has 1 aromatic carbocycles. The minimum Gasteiger partial charge on any atom is -0.166 e. The van der Waals surface area contributed by atoms with Crippen LogP contribution in [0.2, 0.25) is 15.1 Å². The fourth-order valence-electron chi connectivity index (χ4n) is 0.779. The quantitative estimate of drug-likeness (QED) is 0.329. The van der Waals surface area contributed by atoms with Crippen molar-refractivity contribution in [3.05, 3.63) is 30.3 Å². The summed E-state index contributed by atoms with van der Waals surface area (Å²) in [7, 11) is 0. The zero-order chi connectivity index (χ0) is 11.1. The Bertz CT molecular complexity index is 375. The van der Waals surface area contributed by atoms with Crippen LogP contribution in [0.4, 0.5) is 13.2 Å². The van der Waals surface area contributed by atoms with Gasteiger partial charge < -0.3 is 0 Å². The van der Waals surface area contributed by atoms with Crippen LogP contribution in [0.3, 0.4) is 0 Å². The van der Waals surface area contributed by atoms with Gasteiger partial charge in [-0.2, -0.15) is 13.2 Å². The highest BCUT2D eigenvalue weighted by molar-refractivity contribution is 14.1. The fourth-order valence-corrected chi connectivity index (χ4v) is 2.27. The monoisotopic (exact) mass is 374 g/mol. The van der Waals surface area contributed by atoms with Crippen molar-refractivity contribution in [3.8, 4) is 0 Å². The first-order valence-electron chi connectivity index (χ1n) is 3.15. The maximum atomic E-state index is 12.4. The molecule has 1 rings (SSSR count). The van der Waals surface area contributed by atoms with Gasteiger partial charge in [-0.1, -0.05) is 34.8 Å². The van der Waals surface area contributed by atoms with E-state index in [1.54, 1.807) is 0 Å². The minimum absolute atomic E-state index is 0.0641. The number of hydrogen-bond donors (Lipinski definition) is 0. The number of benzene rings is 1. The first-order chi connectivity index (χ1) is 6.25. The van der Waals surface area contributed by atoms with E-state index >= 15 is 0 Å². The summed E-state index contributed by atoms with van der Waals surface area (Å²) in [5.74, 6) is 0. The summed E-state index contributed by atoms with van der Waals surface area (Å²) in [5, 5.41) is -0.442. The summed E-state index contributed by atoms with van der Waals surface area (Å²) in [5.41, 5.74) is -0.877. The third kappa shape index (κ3) is 2.40. The smallest absolute Gasteiger partial charge is 0.166 e. The Kier molecular flexibility index (Phi) is 3.83. The molecule has 0 aliphatic heterocycles. The Morgan fingerprint density at radius 1 is 1.07 bits per heavy atom. The van der Waals surface area contributed by atoms with Gasteiger partial charge >= 0.3 is 6.18 Å². The van der Waals surface area contributed by atoms with Crippen LogP contribution in [0.5, 0.6) is 0 Å². The lowest BCUT2D eigenvalue weighted by Crippen LogP contribution is -2.08. The second kappa shape index (κ2) is 4.23. The van der Waals surface area contributed by atoms with Crippen molar-refractivity contribution in [2.75, 3.05) is 0 Å². The van der Waals surface area contributed by atoms with Gasteiger partial charge in [0.1, 0.15) is 0 Å². The van der Waals surface area contributed by atoms with Crippen molar-refractivity contribution < 1.29 is 13.2 Å². The third-order valence-electron chi connectivity index (χ3n) is 1.41. The van der Waals surface area contributed by atoms with E-state index in [-0.39, 0.29) is 18.6 Å². The second-order valence-electron chi connectivity index (χ2n) is 2.35. The molecule has 0 radical (unpaired) electrons. The molecule has 0 aromatic heterocycles. The predicted molar refractivity (Wildman–Crippen MR) is 59.2 cm³/mol. The van der Waals surface area contributed by atoms with Gasteiger partial charge in [0.05, 0.1) is 20.6 Å². The number of halogens is 7. The van der Waals surface area contributed by atoms with Crippen molar-refractivity contribution in [1.29, 1.82) is 0 Å². The van der Waals surface area contributed by atoms with E-state index in [9.17, 15) is 13.2 Å². The Labute approximate surface area is 106 Å². The molecule has 0 heterocycles. The molecule has 0 unspecified atom stereocenters. The van der Waals surface area contributed by atoms with Gasteiger partial charge in [-0.3, -0.25) is 0 Å². The van der Waals surface area contributed by atoms with E-state index in [0.717, 1.165) is 6.07 Å². The van der Waals surface area contributed by atoms with E-state index in [4.69, 9.17) is 34.8 Å². The highest BCUT2D eigenvalue weighted by Gasteiger charge is 2.35. The number of rotatable bonds is 0. The normalized spacial score (nSPS) is 11.9. The third-order valence-corrected chi connectivity index (χ3v) is 4.11. The molecular weight excluding hydrogens is 374 g/mol. The molecule has 0 nitrogen and oxygen atoms in total. The SMILES string of the molecule is FC(F)(F)c1cc(Cl)c(Cl)c(Cl)c1I. The molecule has 14 heavy (non-hydrogen) atoms. The zero-order valence-corrected chi connectivity index (χ0v) is 10.6. The molecule has 0 atom stereocenters. The van der Waals surface area contributed by atoms with Crippen molar-refractivity contribution in [2.24, 2.45) is 0 Å². The molecule has 0 spiro atoms. The Morgan fingerprint density at radius 3 is 2.00 bits per heavy atom. The topological polar surface area (TPSA) is 0 Å². The fraction of sp³-hybridized carbons (Fsp3) is 0.143. The van der Waals surface area contributed by atoms with Crippen molar-refractivity contribution >= 4 is 57.4 Å². The Hall–Kier alpha value is 0.610. The molecule has 0 fully saturated rings. The van der Waals surface area contributed by atoms with Crippen LogP contribution >= 0.6 is 57.4 Å². The van der Waals surface area contributed by atoms with Crippen LogP contribution in [0.25, 0.3) is 0 Å². The van der Waals surface area contributed by atoms with E-state index in [1.807, 2.05) is 0 Å². The predicted octanol–water partition coefficient (Wildman–Crippen LogP) is 5.27. The maximum absolute atomic E-state index is 12.4. The van der Waals surface area contributed by atoms with Crippen LogP contribution in [0, 0.1) is 3.57 Å². The van der Waals surface area contributed by atoms with Gasteiger partial charge in [0.15, 0.2) is 0 Å². The van der Waals surface area contributed by atoms with Gasteiger partial charge in [0.25, 0.3) is 0 Å². The lowest BCUT2D eigenvalue weighted by molar-refractivity contribution is -0.138. The number of hydrogen-bond acceptors (Lipinski definition) is 0. The van der Waals surface area contributed by atoms with Crippen LogP contribution < -0.4 is 0 Å². The van der Waals surface area contributed by atoms with Crippen molar-refractivity contribution in [3.63, 3.8) is 0 Å². The molecule has 7 heteroatoms.